The third-order valence-electron chi connectivity index (χ3n) is 4.94. The number of aromatic nitrogens is 4. The average Bonchev–Trinajstić information content (AvgIpc) is 3.13. The molecule has 0 spiro atoms. The molecule has 132 valence electrons. The Morgan fingerprint density at radius 2 is 1.92 bits per heavy atom. The summed E-state index contributed by atoms with van der Waals surface area (Å²) in [6.45, 7) is 1.56. The van der Waals surface area contributed by atoms with Gasteiger partial charge >= 0.3 is 0 Å². The number of likely N-dealkylation sites (tertiary alicyclic amines) is 1. The number of benzene rings is 2. The first-order valence-electron chi connectivity index (χ1n) is 8.99. The predicted molar refractivity (Wildman–Crippen MR) is 98.1 cm³/mol. The Labute approximate surface area is 152 Å². The van der Waals surface area contributed by atoms with Gasteiger partial charge in [-0.15, -0.1) is 5.10 Å². The summed E-state index contributed by atoms with van der Waals surface area (Å²) >= 11 is 0. The molecule has 1 saturated heterocycles. The SMILES string of the molecule is O=C(c1cccc(-n2cnnn2)c1)N1CCCC[C@H](c2ccccc2)C1. The van der Waals surface area contributed by atoms with Crippen molar-refractivity contribution >= 4 is 5.91 Å². The Hall–Kier alpha value is -3.02. The van der Waals surface area contributed by atoms with E-state index >= 15 is 0 Å². The number of amides is 1. The maximum absolute atomic E-state index is 13.1. The van der Waals surface area contributed by atoms with Gasteiger partial charge in [-0.25, -0.2) is 4.68 Å². The molecule has 1 amide bonds. The number of carbonyl (C=O) groups is 1. The molecule has 2 heterocycles. The lowest BCUT2D eigenvalue weighted by molar-refractivity contribution is 0.0754. The van der Waals surface area contributed by atoms with Gasteiger partial charge in [0.25, 0.3) is 5.91 Å². The molecule has 1 aromatic heterocycles. The van der Waals surface area contributed by atoms with Crippen LogP contribution >= 0.6 is 0 Å². The van der Waals surface area contributed by atoms with E-state index in [1.165, 1.54) is 11.9 Å². The van der Waals surface area contributed by atoms with E-state index in [0.29, 0.717) is 11.5 Å². The van der Waals surface area contributed by atoms with Gasteiger partial charge in [-0.1, -0.05) is 42.8 Å². The van der Waals surface area contributed by atoms with Crippen molar-refractivity contribution in [3.8, 4) is 5.69 Å². The molecule has 3 aromatic rings. The fourth-order valence-corrected chi connectivity index (χ4v) is 3.57. The molecule has 1 aliphatic heterocycles. The van der Waals surface area contributed by atoms with Crippen molar-refractivity contribution in [1.29, 1.82) is 0 Å². The lowest BCUT2D eigenvalue weighted by Gasteiger charge is -2.25. The Kier molecular flexibility index (Phi) is 4.73. The third kappa shape index (κ3) is 3.49. The molecule has 0 unspecified atom stereocenters. The van der Waals surface area contributed by atoms with Crippen LogP contribution in [0.2, 0.25) is 0 Å². The van der Waals surface area contributed by atoms with Crippen molar-refractivity contribution in [3.63, 3.8) is 0 Å². The summed E-state index contributed by atoms with van der Waals surface area (Å²) in [4.78, 5) is 15.1. The van der Waals surface area contributed by atoms with Crippen LogP contribution in [0.4, 0.5) is 0 Å². The standard InChI is InChI=1S/C20H21N5O/c26-20(17-10-6-11-19(13-17)25-15-21-22-23-25)24-12-5-4-9-18(14-24)16-7-2-1-3-8-16/h1-3,6-8,10-11,13,15,18H,4-5,9,12,14H2/t18-/m0/s1. The van der Waals surface area contributed by atoms with Gasteiger partial charge in [0.05, 0.1) is 5.69 Å². The van der Waals surface area contributed by atoms with Crippen LogP contribution in [0.15, 0.2) is 60.9 Å². The number of nitrogens with zero attached hydrogens (tertiary/aromatic N) is 5. The molecule has 6 heteroatoms. The summed E-state index contributed by atoms with van der Waals surface area (Å²) in [5, 5.41) is 11.2. The summed E-state index contributed by atoms with van der Waals surface area (Å²) in [5.41, 5.74) is 2.77. The van der Waals surface area contributed by atoms with Crippen molar-refractivity contribution in [2.24, 2.45) is 0 Å². The molecular formula is C20H21N5O. The first kappa shape index (κ1) is 16.4. The van der Waals surface area contributed by atoms with Crippen LogP contribution in [0.3, 0.4) is 0 Å². The Morgan fingerprint density at radius 1 is 1.04 bits per heavy atom. The molecule has 1 atom stereocenters. The highest BCUT2D eigenvalue weighted by Crippen LogP contribution is 2.27. The molecule has 4 rings (SSSR count). The van der Waals surface area contributed by atoms with Crippen LogP contribution in [0, 0.1) is 0 Å². The highest BCUT2D eigenvalue weighted by atomic mass is 16.2. The lowest BCUT2D eigenvalue weighted by atomic mass is 9.94. The van der Waals surface area contributed by atoms with E-state index in [9.17, 15) is 4.79 Å². The maximum atomic E-state index is 13.1. The van der Waals surface area contributed by atoms with Crippen LogP contribution in [-0.4, -0.2) is 44.1 Å². The summed E-state index contributed by atoms with van der Waals surface area (Å²) in [7, 11) is 0. The number of rotatable bonds is 3. The topological polar surface area (TPSA) is 63.9 Å². The van der Waals surface area contributed by atoms with E-state index in [1.54, 1.807) is 4.68 Å². The zero-order valence-electron chi connectivity index (χ0n) is 14.5. The van der Waals surface area contributed by atoms with Gasteiger partial charge in [0.15, 0.2) is 0 Å². The van der Waals surface area contributed by atoms with Gasteiger partial charge in [0, 0.05) is 24.6 Å². The van der Waals surface area contributed by atoms with Crippen molar-refractivity contribution in [2.75, 3.05) is 13.1 Å². The second-order valence-corrected chi connectivity index (χ2v) is 6.66. The Morgan fingerprint density at radius 3 is 2.73 bits per heavy atom. The maximum Gasteiger partial charge on any atom is 0.253 e. The van der Waals surface area contributed by atoms with E-state index in [1.807, 2.05) is 35.2 Å². The Balaban J connectivity index is 1.56. The lowest BCUT2D eigenvalue weighted by Crippen LogP contribution is -2.34. The molecule has 0 N–H and O–H groups in total. The minimum absolute atomic E-state index is 0.0720. The van der Waals surface area contributed by atoms with Crippen LogP contribution < -0.4 is 0 Å². The van der Waals surface area contributed by atoms with Crippen molar-refractivity contribution in [2.45, 2.75) is 25.2 Å². The van der Waals surface area contributed by atoms with Gasteiger partial charge < -0.3 is 4.90 Å². The van der Waals surface area contributed by atoms with E-state index in [2.05, 4.69) is 39.8 Å². The molecular weight excluding hydrogens is 326 g/mol. The summed E-state index contributed by atoms with van der Waals surface area (Å²) < 4.78 is 1.56. The average molecular weight is 347 g/mol. The summed E-state index contributed by atoms with van der Waals surface area (Å²) in [6.07, 6.45) is 4.84. The minimum atomic E-state index is 0.0720. The van der Waals surface area contributed by atoms with E-state index in [0.717, 1.165) is 38.0 Å². The van der Waals surface area contributed by atoms with Crippen molar-refractivity contribution < 1.29 is 4.79 Å². The molecule has 1 aliphatic rings. The quantitative estimate of drug-likeness (QED) is 0.730. The second kappa shape index (κ2) is 7.47. The number of hydrogen-bond acceptors (Lipinski definition) is 4. The first-order chi connectivity index (χ1) is 12.8. The monoisotopic (exact) mass is 347 g/mol. The van der Waals surface area contributed by atoms with E-state index < -0.39 is 0 Å². The second-order valence-electron chi connectivity index (χ2n) is 6.66. The zero-order valence-corrected chi connectivity index (χ0v) is 14.5. The van der Waals surface area contributed by atoms with Crippen LogP contribution in [0.5, 0.6) is 0 Å². The molecule has 1 fully saturated rings. The molecule has 6 nitrogen and oxygen atoms in total. The molecule has 0 bridgehead atoms. The fourth-order valence-electron chi connectivity index (χ4n) is 3.57. The Bertz CT molecular complexity index is 863. The smallest absolute Gasteiger partial charge is 0.253 e. The van der Waals surface area contributed by atoms with E-state index in [-0.39, 0.29) is 5.91 Å². The highest BCUT2D eigenvalue weighted by Gasteiger charge is 2.24. The van der Waals surface area contributed by atoms with Gasteiger partial charge in [-0.3, -0.25) is 4.79 Å². The summed E-state index contributed by atoms with van der Waals surface area (Å²) in [5.74, 6) is 0.466. The van der Waals surface area contributed by atoms with Crippen LogP contribution in [0.1, 0.15) is 41.1 Å². The number of hydrogen-bond donors (Lipinski definition) is 0. The van der Waals surface area contributed by atoms with Crippen molar-refractivity contribution in [1.82, 2.24) is 25.1 Å². The van der Waals surface area contributed by atoms with E-state index in [4.69, 9.17) is 0 Å². The molecule has 0 radical (unpaired) electrons. The van der Waals surface area contributed by atoms with Crippen LogP contribution in [0.25, 0.3) is 5.69 Å². The molecule has 0 aliphatic carbocycles. The fraction of sp³-hybridized carbons (Fsp3) is 0.300. The highest BCUT2D eigenvalue weighted by molar-refractivity contribution is 5.94. The minimum Gasteiger partial charge on any atom is -0.338 e. The largest absolute Gasteiger partial charge is 0.338 e. The van der Waals surface area contributed by atoms with Crippen LogP contribution in [-0.2, 0) is 0 Å². The molecule has 26 heavy (non-hydrogen) atoms. The van der Waals surface area contributed by atoms with Gasteiger partial charge in [-0.2, -0.15) is 0 Å². The first-order valence-corrected chi connectivity index (χ1v) is 8.99. The van der Waals surface area contributed by atoms with Gasteiger partial charge in [-0.05, 0) is 47.0 Å². The third-order valence-corrected chi connectivity index (χ3v) is 4.94. The summed E-state index contributed by atoms with van der Waals surface area (Å²) in [6, 6.07) is 18.0. The zero-order chi connectivity index (χ0) is 17.8. The normalized spacial score (nSPS) is 17.7. The molecule has 0 saturated carbocycles. The number of carbonyl (C=O) groups excluding carboxylic acids is 1. The van der Waals surface area contributed by atoms with Gasteiger partial charge in [0.1, 0.15) is 6.33 Å². The van der Waals surface area contributed by atoms with Gasteiger partial charge in [0.2, 0.25) is 0 Å². The predicted octanol–water partition coefficient (Wildman–Crippen LogP) is 3.07. The van der Waals surface area contributed by atoms with Crippen molar-refractivity contribution in [3.05, 3.63) is 72.1 Å². The molecule has 2 aromatic carbocycles. The number of tetrazole rings is 1.